The Balaban J connectivity index is 0. The van der Waals surface area contributed by atoms with Crippen molar-refractivity contribution in [2.24, 2.45) is 0 Å². The molecule has 0 atom stereocenters. The SMILES string of the molecule is CCO.O=C(O)CCCl. The topological polar surface area (TPSA) is 57.5 Å². The summed E-state index contributed by atoms with van der Waals surface area (Å²) in [7, 11) is 0. The van der Waals surface area contributed by atoms with Gasteiger partial charge in [-0.2, -0.15) is 0 Å². The lowest BCUT2D eigenvalue weighted by molar-refractivity contribution is -0.136. The number of rotatable bonds is 2. The fourth-order valence-corrected chi connectivity index (χ4v) is 0.243. The Morgan fingerprint density at radius 2 is 2.00 bits per heavy atom. The molecule has 0 saturated carbocycles. The maximum absolute atomic E-state index is 9.51. The monoisotopic (exact) mass is 154 g/mol. The van der Waals surface area contributed by atoms with Gasteiger partial charge < -0.3 is 10.2 Å². The number of aliphatic hydroxyl groups is 1. The van der Waals surface area contributed by atoms with Crippen LogP contribution in [0.25, 0.3) is 0 Å². The summed E-state index contributed by atoms with van der Waals surface area (Å²) in [6.45, 7) is 1.93. The molecule has 0 aromatic heterocycles. The molecular formula is C5H11ClO3. The van der Waals surface area contributed by atoms with E-state index in [0.717, 1.165) is 0 Å². The number of carbonyl (C=O) groups is 1. The van der Waals surface area contributed by atoms with E-state index >= 15 is 0 Å². The number of carboxylic acids is 1. The molecule has 0 aromatic rings. The minimum atomic E-state index is -0.843. The van der Waals surface area contributed by atoms with Crippen molar-refractivity contribution in [1.29, 1.82) is 0 Å². The zero-order chi connectivity index (χ0) is 7.70. The molecule has 0 radical (unpaired) electrons. The van der Waals surface area contributed by atoms with Crippen LogP contribution >= 0.6 is 11.6 Å². The molecule has 0 aliphatic rings. The van der Waals surface area contributed by atoms with Crippen LogP contribution in [0.4, 0.5) is 0 Å². The van der Waals surface area contributed by atoms with E-state index in [1.807, 2.05) is 0 Å². The molecular weight excluding hydrogens is 144 g/mol. The van der Waals surface area contributed by atoms with Crippen LogP contribution in [-0.4, -0.2) is 28.7 Å². The summed E-state index contributed by atoms with van der Waals surface area (Å²) in [5, 5.41) is 15.4. The van der Waals surface area contributed by atoms with Gasteiger partial charge in [0.25, 0.3) is 0 Å². The molecule has 0 saturated heterocycles. The van der Waals surface area contributed by atoms with Gasteiger partial charge in [-0.3, -0.25) is 4.79 Å². The fraction of sp³-hybridized carbons (Fsp3) is 0.800. The van der Waals surface area contributed by atoms with Crippen molar-refractivity contribution in [2.75, 3.05) is 12.5 Å². The lowest BCUT2D eigenvalue weighted by Crippen LogP contribution is -1.93. The summed E-state index contributed by atoms with van der Waals surface area (Å²) >= 11 is 5.02. The molecule has 0 spiro atoms. The maximum atomic E-state index is 9.51. The first kappa shape index (κ1) is 11.5. The van der Waals surface area contributed by atoms with Gasteiger partial charge in [0.2, 0.25) is 0 Å². The lowest BCUT2D eigenvalue weighted by Gasteiger charge is -1.78. The number of hydrogen-bond acceptors (Lipinski definition) is 2. The summed E-state index contributed by atoms with van der Waals surface area (Å²) in [5.74, 6) is -0.639. The van der Waals surface area contributed by atoms with Crippen molar-refractivity contribution in [3.8, 4) is 0 Å². The van der Waals surface area contributed by atoms with Gasteiger partial charge >= 0.3 is 5.97 Å². The lowest BCUT2D eigenvalue weighted by atomic mass is 10.5. The summed E-state index contributed by atoms with van der Waals surface area (Å²) in [4.78, 5) is 9.51. The molecule has 0 fully saturated rings. The molecule has 56 valence electrons. The van der Waals surface area contributed by atoms with Crippen LogP contribution in [0.5, 0.6) is 0 Å². The van der Waals surface area contributed by atoms with Gasteiger partial charge in [0.1, 0.15) is 0 Å². The number of aliphatic carboxylic acids is 1. The second kappa shape index (κ2) is 10.7. The van der Waals surface area contributed by atoms with Crippen LogP contribution < -0.4 is 0 Å². The van der Waals surface area contributed by atoms with Crippen LogP contribution in [0.3, 0.4) is 0 Å². The van der Waals surface area contributed by atoms with Crippen LogP contribution in [0.15, 0.2) is 0 Å². The third-order valence-electron chi connectivity index (χ3n) is 0.308. The molecule has 0 bridgehead atoms. The van der Waals surface area contributed by atoms with Gasteiger partial charge in [0.15, 0.2) is 0 Å². The fourth-order valence-electron chi connectivity index (χ4n) is 0.0808. The molecule has 4 heteroatoms. The van der Waals surface area contributed by atoms with E-state index in [1.165, 1.54) is 0 Å². The van der Waals surface area contributed by atoms with Crippen LogP contribution in [0.1, 0.15) is 13.3 Å². The Morgan fingerprint density at radius 1 is 1.67 bits per heavy atom. The average Bonchev–Trinajstić information content (AvgIpc) is 1.67. The first-order valence-electron chi connectivity index (χ1n) is 2.57. The molecule has 0 rings (SSSR count). The zero-order valence-corrected chi connectivity index (χ0v) is 6.06. The van der Waals surface area contributed by atoms with Gasteiger partial charge in [-0.15, -0.1) is 11.6 Å². The molecule has 9 heavy (non-hydrogen) atoms. The highest BCUT2D eigenvalue weighted by atomic mass is 35.5. The third-order valence-corrected chi connectivity index (χ3v) is 0.497. The summed E-state index contributed by atoms with van der Waals surface area (Å²) in [6, 6.07) is 0. The number of hydrogen-bond donors (Lipinski definition) is 2. The minimum absolute atomic E-state index is 0.0571. The second-order valence-electron chi connectivity index (χ2n) is 1.15. The van der Waals surface area contributed by atoms with E-state index in [0.29, 0.717) is 0 Å². The van der Waals surface area contributed by atoms with E-state index in [2.05, 4.69) is 0 Å². The van der Waals surface area contributed by atoms with Gasteiger partial charge in [-0.1, -0.05) is 0 Å². The highest BCUT2D eigenvalue weighted by Gasteiger charge is 1.89. The predicted molar refractivity (Wildman–Crippen MR) is 35.7 cm³/mol. The van der Waals surface area contributed by atoms with Crippen LogP contribution in [0.2, 0.25) is 0 Å². The molecule has 0 aliphatic heterocycles. The highest BCUT2D eigenvalue weighted by molar-refractivity contribution is 6.18. The Hall–Kier alpha value is -0.280. The Labute approximate surface area is 59.3 Å². The van der Waals surface area contributed by atoms with E-state index in [1.54, 1.807) is 6.92 Å². The van der Waals surface area contributed by atoms with E-state index in [-0.39, 0.29) is 18.9 Å². The summed E-state index contributed by atoms with van der Waals surface area (Å²) in [6.07, 6.45) is 0.0571. The molecule has 0 unspecified atom stereocenters. The maximum Gasteiger partial charge on any atom is 0.304 e. The number of halogens is 1. The normalized spacial score (nSPS) is 7.44. The molecule has 0 amide bonds. The molecule has 0 aromatic carbocycles. The van der Waals surface area contributed by atoms with Crippen molar-refractivity contribution < 1.29 is 15.0 Å². The number of carboxylic acid groups (broad SMARTS) is 1. The number of aliphatic hydroxyl groups excluding tert-OH is 1. The first-order chi connectivity index (χ1) is 4.18. The summed E-state index contributed by atoms with van der Waals surface area (Å²) in [5.41, 5.74) is 0. The van der Waals surface area contributed by atoms with Crippen molar-refractivity contribution in [3.05, 3.63) is 0 Å². The van der Waals surface area contributed by atoms with Crippen molar-refractivity contribution in [3.63, 3.8) is 0 Å². The molecule has 0 heterocycles. The smallest absolute Gasteiger partial charge is 0.304 e. The molecule has 3 nitrogen and oxygen atoms in total. The number of alkyl halides is 1. The average molecular weight is 155 g/mol. The largest absolute Gasteiger partial charge is 0.481 e. The molecule has 0 aliphatic carbocycles. The minimum Gasteiger partial charge on any atom is -0.481 e. The van der Waals surface area contributed by atoms with E-state index < -0.39 is 5.97 Å². The Morgan fingerprint density at radius 3 is 2.00 bits per heavy atom. The van der Waals surface area contributed by atoms with Gasteiger partial charge in [-0.05, 0) is 6.92 Å². The third kappa shape index (κ3) is 34.1. The van der Waals surface area contributed by atoms with Crippen molar-refractivity contribution >= 4 is 17.6 Å². The van der Waals surface area contributed by atoms with Crippen LogP contribution in [-0.2, 0) is 4.79 Å². The Kier molecular flexibility index (Phi) is 13.6. The Bertz CT molecular complexity index is 65.2. The quantitative estimate of drug-likeness (QED) is 0.576. The van der Waals surface area contributed by atoms with Gasteiger partial charge in [0.05, 0.1) is 6.42 Å². The molecule has 2 N–H and O–H groups in total. The van der Waals surface area contributed by atoms with Gasteiger partial charge in [0, 0.05) is 12.5 Å². The predicted octanol–water partition coefficient (Wildman–Crippen LogP) is 0.698. The highest BCUT2D eigenvalue weighted by Crippen LogP contribution is 1.80. The van der Waals surface area contributed by atoms with Crippen LogP contribution in [0, 0.1) is 0 Å². The van der Waals surface area contributed by atoms with Crippen molar-refractivity contribution in [2.45, 2.75) is 13.3 Å². The van der Waals surface area contributed by atoms with Gasteiger partial charge in [-0.25, -0.2) is 0 Å². The van der Waals surface area contributed by atoms with E-state index in [4.69, 9.17) is 21.8 Å². The van der Waals surface area contributed by atoms with Crippen molar-refractivity contribution in [1.82, 2.24) is 0 Å². The van der Waals surface area contributed by atoms with E-state index in [9.17, 15) is 4.79 Å². The second-order valence-corrected chi connectivity index (χ2v) is 1.53. The standard InChI is InChI=1S/C3H5ClO2.C2H6O/c4-2-1-3(5)6;1-2-3/h1-2H2,(H,5,6);3H,2H2,1H3. The zero-order valence-electron chi connectivity index (χ0n) is 5.30. The first-order valence-corrected chi connectivity index (χ1v) is 3.11. The summed E-state index contributed by atoms with van der Waals surface area (Å²) < 4.78 is 0.